The third-order valence-electron chi connectivity index (χ3n) is 3.68. The first kappa shape index (κ1) is 19.1. The fraction of sp³-hybridized carbons (Fsp3) is 0.222. The third kappa shape index (κ3) is 4.02. The highest BCUT2D eigenvalue weighted by molar-refractivity contribution is 7.98. The Bertz CT molecular complexity index is 1020. The Balaban J connectivity index is 2.07. The predicted molar refractivity (Wildman–Crippen MR) is 108 cm³/mol. The summed E-state index contributed by atoms with van der Waals surface area (Å²) in [6.45, 7) is 4.02. The minimum absolute atomic E-state index is 0.241. The first-order valence-corrected chi connectivity index (χ1v) is 10.4. The van der Waals surface area contributed by atoms with E-state index in [4.69, 9.17) is 10.5 Å². The summed E-state index contributed by atoms with van der Waals surface area (Å²) in [6.07, 6.45) is 3.72. The highest BCUT2D eigenvalue weighted by Gasteiger charge is 2.18. The van der Waals surface area contributed by atoms with E-state index in [1.807, 2.05) is 38.5 Å². The van der Waals surface area contributed by atoms with Crippen LogP contribution in [0, 0.1) is 25.2 Å². The number of aryl methyl sites for hydroxylation is 2. The van der Waals surface area contributed by atoms with Crippen LogP contribution in [0.3, 0.4) is 0 Å². The van der Waals surface area contributed by atoms with Gasteiger partial charge in [-0.15, -0.1) is 11.8 Å². The van der Waals surface area contributed by atoms with Crippen molar-refractivity contribution in [3.05, 3.63) is 41.0 Å². The van der Waals surface area contributed by atoms with Crippen molar-refractivity contribution in [2.75, 3.05) is 18.2 Å². The van der Waals surface area contributed by atoms with Crippen LogP contribution in [0.25, 0.3) is 5.82 Å². The van der Waals surface area contributed by atoms with E-state index in [-0.39, 0.29) is 5.82 Å². The van der Waals surface area contributed by atoms with Crippen LogP contribution in [-0.4, -0.2) is 32.3 Å². The molecular weight excluding hydrogens is 380 g/mol. The molecule has 0 fully saturated rings. The van der Waals surface area contributed by atoms with Gasteiger partial charge in [0.2, 0.25) is 5.88 Å². The molecule has 0 saturated heterocycles. The van der Waals surface area contributed by atoms with Gasteiger partial charge in [-0.05, 0) is 49.6 Å². The Morgan fingerprint density at radius 2 is 1.78 bits per heavy atom. The molecule has 0 spiro atoms. The molecular formula is C18H18N6OS2. The van der Waals surface area contributed by atoms with Crippen LogP contribution >= 0.6 is 23.5 Å². The Labute approximate surface area is 166 Å². The number of hydrogen-bond acceptors (Lipinski definition) is 8. The van der Waals surface area contributed by atoms with Crippen LogP contribution in [0.4, 0.5) is 5.82 Å². The second kappa shape index (κ2) is 7.90. The highest BCUT2D eigenvalue weighted by Crippen LogP contribution is 2.29. The van der Waals surface area contributed by atoms with E-state index in [0.29, 0.717) is 33.2 Å². The summed E-state index contributed by atoms with van der Waals surface area (Å²) in [7, 11) is 0. The van der Waals surface area contributed by atoms with Crippen LogP contribution in [0.15, 0.2) is 34.4 Å². The third-order valence-corrected chi connectivity index (χ3v) is 4.90. The maximum atomic E-state index is 9.33. The molecule has 0 atom stereocenters. The summed E-state index contributed by atoms with van der Waals surface area (Å²) in [5, 5.41) is 14.8. The number of nitrogens with zero attached hydrogens (tertiary/aromatic N) is 5. The van der Waals surface area contributed by atoms with Crippen molar-refractivity contribution in [3.63, 3.8) is 0 Å². The number of rotatable bonds is 5. The zero-order chi connectivity index (χ0) is 19.6. The average Bonchev–Trinajstić information content (AvgIpc) is 2.96. The van der Waals surface area contributed by atoms with Crippen LogP contribution < -0.4 is 10.5 Å². The zero-order valence-corrected chi connectivity index (χ0v) is 17.0. The predicted octanol–water partition coefficient (Wildman–Crippen LogP) is 3.97. The molecule has 0 unspecified atom stereocenters. The maximum absolute atomic E-state index is 9.33. The van der Waals surface area contributed by atoms with Gasteiger partial charge in [0, 0.05) is 6.07 Å². The second-order valence-electron chi connectivity index (χ2n) is 5.77. The molecule has 2 heterocycles. The van der Waals surface area contributed by atoms with Crippen LogP contribution in [0.5, 0.6) is 11.6 Å². The van der Waals surface area contributed by atoms with Gasteiger partial charge in [0.25, 0.3) is 0 Å². The minimum atomic E-state index is 0.241. The number of aromatic nitrogens is 4. The molecule has 1 aromatic carbocycles. The van der Waals surface area contributed by atoms with Crippen LogP contribution in [0.2, 0.25) is 0 Å². The molecule has 3 rings (SSSR count). The lowest BCUT2D eigenvalue weighted by molar-refractivity contribution is 0.453. The largest absolute Gasteiger partial charge is 0.439 e. The fourth-order valence-electron chi connectivity index (χ4n) is 2.59. The summed E-state index contributed by atoms with van der Waals surface area (Å²) in [5.74, 6) is 1.77. The van der Waals surface area contributed by atoms with Crippen molar-refractivity contribution < 1.29 is 4.74 Å². The van der Waals surface area contributed by atoms with E-state index < -0.39 is 0 Å². The number of ether oxygens (including phenoxy) is 1. The van der Waals surface area contributed by atoms with Gasteiger partial charge in [-0.3, -0.25) is 0 Å². The Hall–Kier alpha value is -2.70. The van der Waals surface area contributed by atoms with Gasteiger partial charge < -0.3 is 10.5 Å². The summed E-state index contributed by atoms with van der Waals surface area (Å²) >= 11 is 2.74. The van der Waals surface area contributed by atoms with E-state index in [1.165, 1.54) is 28.2 Å². The molecule has 9 heteroatoms. The number of anilines is 1. The van der Waals surface area contributed by atoms with Gasteiger partial charge in [0.15, 0.2) is 11.0 Å². The van der Waals surface area contributed by atoms with E-state index in [2.05, 4.69) is 27.2 Å². The molecule has 0 saturated carbocycles. The number of thioether (sulfide) groups is 2. The summed E-state index contributed by atoms with van der Waals surface area (Å²) in [4.78, 5) is 8.87. The van der Waals surface area contributed by atoms with Crippen molar-refractivity contribution in [3.8, 4) is 23.5 Å². The Kier molecular flexibility index (Phi) is 5.58. The molecule has 0 aliphatic carbocycles. The molecule has 2 N–H and O–H groups in total. The number of benzene rings is 1. The van der Waals surface area contributed by atoms with Crippen molar-refractivity contribution in [1.29, 1.82) is 5.26 Å². The molecule has 0 radical (unpaired) electrons. The van der Waals surface area contributed by atoms with Gasteiger partial charge in [-0.2, -0.15) is 20.0 Å². The first-order chi connectivity index (χ1) is 12.9. The number of nitriles is 1. The van der Waals surface area contributed by atoms with Gasteiger partial charge in [-0.1, -0.05) is 17.8 Å². The van der Waals surface area contributed by atoms with Crippen molar-refractivity contribution >= 4 is 29.3 Å². The second-order valence-corrected chi connectivity index (χ2v) is 7.34. The quantitative estimate of drug-likeness (QED) is 0.509. The van der Waals surface area contributed by atoms with E-state index >= 15 is 0 Å². The Morgan fingerprint density at radius 1 is 1.07 bits per heavy atom. The molecule has 0 aliphatic heterocycles. The molecule has 0 aliphatic rings. The lowest BCUT2D eigenvalue weighted by Crippen LogP contribution is -2.06. The van der Waals surface area contributed by atoms with Gasteiger partial charge in [-0.25, -0.2) is 4.98 Å². The van der Waals surface area contributed by atoms with Crippen LogP contribution in [-0.2, 0) is 0 Å². The van der Waals surface area contributed by atoms with Crippen molar-refractivity contribution in [2.45, 2.75) is 24.0 Å². The maximum Gasteiger partial charge on any atom is 0.225 e. The lowest BCUT2D eigenvalue weighted by atomic mass is 10.1. The number of nitrogen functional groups attached to an aromatic ring is 1. The average molecular weight is 399 g/mol. The molecule has 27 heavy (non-hydrogen) atoms. The molecule has 0 amide bonds. The van der Waals surface area contributed by atoms with Gasteiger partial charge >= 0.3 is 0 Å². The minimum Gasteiger partial charge on any atom is -0.439 e. The molecule has 7 nitrogen and oxygen atoms in total. The SMILES string of the molecule is CSc1nc(Oc2cc(C)cc(C)c2)cc(-n2nc(SC)c(C#N)c2N)n1. The first-order valence-electron chi connectivity index (χ1n) is 7.97. The van der Waals surface area contributed by atoms with Gasteiger partial charge in [0.05, 0.1) is 0 Å². The van der Waals surface area contributed by atoms with Crippen LogP contribution in [0.1, 0.15) is 16.7 Å². The summed E-state index contributed by atoms with van der Waals surface area (Å²) < 4.78 is 7.40. The summed E-state index contributed by atoms with van der Waals surface area (Å²) in [5.41, 5.74) is 8.65. The number of nitrogens with two attached hydrogens (primary N) is 1. The molecule has 2 aromatic heterocycles. The lowest BCUT2D eigenvalue weighted by Gasteiger charge is -2.10. The Morgan fingerprint density at radius 3 is 2.33 bits per heavy atom. The zero-order valence-electron chi connectivity index (χ0n) is 15.3. The summed E-state index contributed by atoms with van der Waals surface area (Å²) in [6, 6.07) is 9.70. The van der Waals surface area contributed by atoms with E-state index in [9.17, 15) is 5.26 Å². The standard InChI is InChI=1S/C18H18N6OS2/c1-10-5-11(2)7-12(6-10)25-15-8-14(21-18(22-15)27-4)24-16(20)13(9-19)17(23-24)26-3/h5-8H,20H2,1-4H3. The van der Waals surface area contributed by atoms with E-state index in [1.54, 1.807) is 6.07 Å². The monoisotopic (exact) mass is 398 g/mol. The van der Waals surface area contributed by atoms with Gasteiger partial charge in [0.1, 0.15) is 28.2 Å². The molecule has 3 aromatic rings. The topological polar surface area (TPSA) is 103 Å². The smallest absolute Gasteiger partial charge is 0.225 e. The highest BCUT2D eigenvalue weighted by atomic mass is 32.2. The van der Waals surface area contributed by atoms with Crippen molar-refractivity contribution in [2.24, 2.45) is 0 Å². The molecule has 0 bridgehead atoms. The van der Waals surface area contributed by atoms with E-state index in [0.717, 1.165) is 11.1 Å². The number of hydrogen-bond donors (Lipinski definition) is 1. The van der Waals surface area contributed by atoms with Crippen molar-refractivity contribution in [1.82, 2.24) is 19.7 Å². The molecule has 138 valence electrons. The normalized spacial score (nSPS) is 10.6. The fourth-order valence-corrected chi connectivity index (χ4v) is 3.47.